The Labute approximate surface area is 113 Å². The normalized spacial score (nSPS) is 18.9. The molecule has 0 amide bonds. The maximum atomic E-state index is 11.4. The molecule has 2 heterocycles. The summed E-state index contributed by atoms with van der Waals surface area (Å²) in [5, 5.41) is 3.42. The van der Waals surface area contributed by atoms with Crippen LogP contribution in [0.4, 0.5) is 0 Å². The summed E-state index contributed by atoms with van der Waals surface area (Å²) in [5.74, 6) is 0.183. The maximum Gasteiger partial charge on any atom is 0.339 e. The third-order valence-corrected chi connectivity index (χ3v) is 3.31. The molecule has 0 aliphatic carbocycles. The van der Waals surface area contributed by atoms with Gasteiger partial charge in [0, 0.05) is 12.1 Å². The van der Waals surface area contributed by atoms with Crippen molar-refractivity contribution in [3.05, 3.63) is 23.4 Å². The van der Waals surface area contributed by atoms with E-state index >= 15 is 0 Å². The molecule has 1 N–H and O–H groups in total. The minimum absolute atomic E-state index is 0.370. The van der Waals surface area contributed by atoms with Gasteiger partial charge < -0.3 is 14.8 Å². The number of hydrogen-bond acceptors (Lipinski definition) is 5. The van der Waals surface area contributed by atoms with Crippen molar-refractivity contribution in [2.45, 2.75) is 32.2 Å². The second-order valence-corrected chi connectivity index (χ2v) is 4.73. The summed E-state index contributed by atoms with van der Waals surface area (Å²) in [6, 6.07) is 3.80. The van der Waals surface area contributed by atoms with Crippen LogP contribution in [0.25, 0.3) is 0 Å². The topological polar surface area (TPSA) is 60.5 Å². The van der Waals surface area contributed by atoms with Crippen LogP contribution >= 0.6 is 0 Å². The number of piperidine rings is 1. The van der Waals surface area contributed by atoms with Gasteiger partial charge in [0.1, 0.15) is 6.61 Å². The third kappa shape index (κ3) is 3.67. The van der Waals surface area contributed by atoms with Crippen LogP contribution in [0, 0.1) is 6.92 Å². The van der Waals surface area contributed by atoms with Crippen LogP contribution in [0.15, 0.2) is 12.1 Å². The van der Waals surface area contributed by atoms with Crippen molar-refractivity contribution < 1.29 is 14.3 Å². The highest BCUT2D eigenvalue weighted by molar-refractivity contribution is 5.90. The van der Waals surface area contributed by atoms with Crippen LogP contribution in [0.1, 0.15) is 35.3 Å². The van der Waals surface area contributed by atoms with Crippen molar-refractivity contribution >= 4 is 5.97 Å². The Morgan fingerprint density at radius 2 is 2.32 bits per heavy atom. The molecule has 0 spiro atoms. The van der Waals surface area contributed by atoms with Crippen molar-refractivity contribution in [3.63, 3.8) is 0 Å². The number of ether oxygens (including phenoxy) is 2. The lowest BCUT2D eigenvalue weighted by Gasteiger charge is -2.23. The fourth-order valence-electron chi connectivity index (χ4n) is 2.20. The minimum Gasteiger partial charge on any atom is -0.476 e. The molecule has 0 aromatic carbocycles. The van der Waals surface area contributed by atoms with Gasteiger partial charge in [-0.25, -0.2) is 9.78 Å². The molecule has 1 aliphatic rings. The number of carbonyl (C=O) groups excluding carboxylic acids is 1. The molecular formula is C14H20N2O3. The molecular weight excluding hydrogens is 244 g/mol. The van der Waals surface area contributed by atoms with Crippen LogP contribution in [0.3, 0.4) is 0 Å². The first-order chi connectivity index (χ1) is 9.20. The van der Waals surface area contributed by atoms with Gasteiger partial charge in [-0.1, -0.05) is 6.42 Å². The van der Waals surface area contributed by atoms with Gasteiger partial charge in [0.2, 0.25) is 5.88 Å². The molecule has 1 unspecified atom stereocenters. The summed E-state index contributed by atoms with van der Waals surface area (Å²) >= 11 is 0. The van der Waals surface area contributed by atoms with Crippen molar-refractivity contribution in [2.75, 3.05) is 20.3 Å². The Kier molecular flexibility index (Phi) is 4.74. The fourth-order valence-corrected chi connectivity index (χ4v) is 2.20. The van der Waals surface area contributed by atoms with E-state index in [1.165, 1.54) is 20.0 Å². The molecule has 0 radical (unpaired) electrons. The summed E-state index contributed by atoms with van der Waals surface area (Å²) in [6.45, 7) is 3.45. The molecule has 2 rings (SSSR count). The van der Waals surface area contributed by atoms with Crippen LogP contribution < -0.4 is 10.1 Å². The van der Waals surface area contributed by atoms with E-state index in [2.05, 4.69) is 15.0 Å². The molecule has 5 nitrogen and oxygen atoms in total. The highest BCUT2D eigenvalue weighted by atomic mass is 16.5. The first kappa shape index (κ1) is 13.8. The van der Waals surface area contributed by atoms with Gasteiger partial charge in [0.15, 0.2) is 0 Å². The zero-order valence-electron chi connectivity index (χ0n) is 11.4. The lowest BCUT2D eigenvalue weighted by Crippen LogP contribution is -2.38. The van der Waals surface area contributed by atoms with Gasteiger partial charge in [-0.15, -0.1) is 0 Å². The minimum atomic E-state index is -0.370. The van der Waals surface area contributed by atoms with Gasteiger partial charge in [-0.05, 0) is 32.4 Å². The highest BCUT2D eigenvalue weighted by Crippen LogP contribution is 2.15. The molecule has 5 heteroatoms. The number of pyridine rings is 1. The van der Waals surface area contributed by atoms with E-state index in [1.54, 1.807) is 19.1 Å². The van der Waals surface area contributed by atoms with Gasteiger partial charge in [-0.2, -0.15) is 0 Å². The average Bonchev–Trinajstić information content (AvgIpc) is 2.45. The van der Waals surface area contributed by atoms with E-state index in [4.69, 9.17) is 4.74 Å². The molecule has 1 saturated heterocycles. The zero-order valence-corrected chi connectivity index (χ0v) is 11.4. The Bertz CT molecular complexity index is 442. The summed E-state index contributed by atoms with van der Waals surface area (Å²) in [7, 11) is 1.36. The molecule has 1 atom stereocenters. The number of esters is 1. The lowest BCUT2D eigenvalue weighted by atomic mass is 10.1. The van der Waals surface area contributed by atoms with Crippen molar-refractivity contribution in [1.82, 2.24) is 10.3 Å². The second-order valence-electron chi connectivity index (χ2n) is 4.73. The molecule has 104 valence electrons. The van der Waals surface area contributed by atoms with Crippen LogP contribution in [-0.4, -0.2) is 37.3 Å². The molecule has 0 saturated carbocycles. The maximum absolute atomic E-state index is 11.4. The van der Waals surface area contributed by atoms with Gasteiger partial charge in [0.05, 0.1) is 18.4 Å². The first-order valence-electron chi connectivity index (χ1n) is 6.63. The Hall–Kier alpha value is -1.62. The Morgan fingerprint density at radius 3 is 2.95 bits per heavy atom. The Morgan fingerprint density at radius 1 is 1.47 bits per heavy atom. The molecule has 1 aromatic rings. The number of aryl methyl sites for hydroxylation is 1. The number of carbonyl (C=O) groups is 1. The molecule has 1 aromatic heterocycles. The SMILES string of the molecule is COC(=O)c1ccc(OCC2CCCCN2)nc1C. The second kappa shape index (κ2) is 6.52. The number of methoxy groups -OCH3 is 1. The zero-order chi connectivity index (χ0) is 13.7. The van der Waals surface area contributed by atoms with Crippen LogP contribution in [0.2, 0.25) is 0 Å². The summed E-state index contributed by atoms with van der Waals surface area (Å²) in [4.78, 5) is 15.7. The number of hydrogen-bond donors (Lipinski definition) is 1. The van der Waals surface area contributed by atoms with Crippen molar-refractivity contribution in [3.8, 4) is 5.88 Å². The standard InChI is InChI=1S/C14H20N2O3/c1-10-12(14(17)18-2)6-7-13(16-10)19-9-11-5-3-4-8-15-11/h6-7,11,15H,3-5,8-9H2,1-2H3. The van der Waals surface area contributed by atoms with Gasteiger partial charge in [0.25, 0.3) is 0 Å². The summed E-state index contributed by atoms with van der Waals surface area (Å²) < 4.78 is 10.4. The van der Waals surface area contributed by atoms with Crippen molar-refractivity contribution in [2.24, 2.45) is 0 Å². The smallest absolute Gasteiger partial charge is 0.339 e. The Balaban J connectivity index is 1.94. The molecule has 19 heavy (non-hydrogen) atoms. The van der Waals surface area contributed by atoms with E-state index in [0.29, 0.717) is 29.8 Å². The van der Waals surface area contributed by atoms with Gasteiger partial charge >= 0.3 is 5.97 Å². The quantitative estimate of drug-likeness (QED) is 0.839. The average molecular weight is 264 g/mol. The number of rotatable bonds is 4. The van der Waals surface area contributed by atoms with Crippen LogP contribution in [-0.2, 0) is 4.74 Å². The number of nitrogens with one attached hydrogen (secondary N) is 1. The third-order valence-electron chi connectivity index (χ3n) is 3.31. The van der Waals surface area contributed by atoms with Crippen LogP contribution in [0.5, 0.6) is 5.88 Å². The summed E-state index contributed by atoms with van der Waals surface area (Å²) in [6.07, 6.45) is 3.62. The van der Waals surface area contributed by atoms with E-state index < -0.39 is 0 Å². The predicted molar refractivity (Wildman–Crippen MR) is 71.5 cm³/mol. The number of aromatic nitrogens is 1. The monoisotopic (exact) mass is 264 g/mol. The van der Waals surface area contributed by atoms with Crippen molar-refractivity contribution in [1.29, 1.82) is 0 Å². The van der Waals surface area contributed by atoms with E-state index in [-0.39, 0.29) is 5.97 Å². The van der Waals surface area contributed by atoms with E-state index in [9.17, 15) is 4.79 Å². The van der Waals surface area contributed by atoms with Gasteiger partial charge in [-0.3, -0.25) is 0 Å². The summed E-state index contributed by atoms with van der Waals surface area (Å²) in [5.41, 5.74) is 1.10. The van der Waals surface area contributed by atoms with E-state index in [1.807, 2.05) is 0 Å². The predicted octanol–water partition coefficient (Wildman–Crippen LogP) is 1.70. The lowest BCUT2D eigenvalue weighted by molar-refractivity contribution is 0.0599. The molecule has 1 fully saturated rings. The van der Waals surface area contributed by atoms with E-state index in [0.717, 1.165) is 13.0 Å². The largest absolute Gasteiger partial charge is 0.476 e. The molecule has 1 aliphatic heterocycles. The fraction of sp³-hybridized carbons (Fsp3) is 0.571. The first-order valence-corrected chi connectivity index (χ1v) is 6.63. The number of nitrogens with zero attached hydrogens (tertiary/aromatic N) is 1. The molecule has 0 bridgehead atoms. The highest BCUT2D eigenvalue weighted by Gasteiger charge is 2.14.